The molecule has 1 amide bonds. The highest BCUT2D eigenvalue weighted by molar-refractivity contribution is 5.92. The van der Waals surface area contributed by atoms with E-state index in [1.807, 2.05) is 48.5 Å². The van der Waals surface area contributed by atoms with Gasteiger partial charge in [-0.2, -0.15) is 0 Å². The average molecular weight is 377 g/mol. The van der Waals surface area contributed by atoms with Crippen molar-refractivity contribution >= 4 is 5.91 Å². The Morgan fingerprint density at radius 3 is 2.36 bits per heavy atom. The molecule has 1 aromatic heterocycles. The number of carbonyl (C=O) groups is 1. The van der Waals surface area contributed by atoms with Gasteiger partial charge in [0.2, 0.25) is 0 Å². The molecule has 1 fully saturated rings. The van der Waals surface area contributed by atoms with Crippen molar-refractivity contribution in [2.45, 2.75) is 18.3 Å². The van der Waals surface area contributed by atoms with E-state index in [4.69, 9.17) is 4.74 Å². The molecule has 2 N–H and O–H groups in total. The number of aromatic nitrogens is 2. The summed E-state index contributed by atoms with van der Waals surface area (Å²) in [5.41, 5.74) is 1.73. The summed E-state index contributed by atoms with van der Waals surface area (Å²) < 4.78 is 6.91. The van der Waals surface area contributed by atoms with Crippen LogP contribution >= 0.6 is 0 Å². The molecule has 6 heteroatoms. The SMILES string of the molecule is O=C(NCC1(c2ccccc2)CCOCC1)c1cc(=O)n(-c2ccccc2)[nH]1. The van der Waals surface area contributed by atoms with Gasteiger partial charge in [-0.25, -0.2) is 4.68 Å². The largest absolute Gasteiger partial charge is 0.381 e. The molecule has 0 aliphatic carbocycles. The fourth-order valence-electron chi connectivity index (χ4n) is 3.75. The Morgan fingerprint density at radius 2 is 1.68 bits per heavy atom. The molecular weight excluding hydrogens is 354 g/mol. The second-order valence-electron chi connectivity index (χ2n) is 7.12. The standard InChI is InChI=1S/C22H23N3O3/c26-20-15-19(24-25(20)18-9-5-2-6-10-18)21(27)23-16-22(11-13-28-14-12-22)17-7-3-1-4-8-17/h1-10,15,24H,11-14,16H2,(H,23,27). The molecule has 1 saturated heterocycles. The lowest BCUT2D eigenvalue weighted by Crippen LogP contribution is -2.44. The molecule has 0 unspecified atom stereocenters. The highest BCUT2D eigenvalue weighted by Crippen LogP contribution is 2.34. The molecule has 0 saturated carbocycles. The molecule has 6 nitrogen and oxygen atoms in total. The smallest absolute Gasteiger partial charge is 0.271 e. The number of ether oxygens (including phenoxy) is 1. The fourth-order valence-corrected chi connectivity index (χ4v) is 3.75. The maximum atomic E-state index is 12.7. The molecule has 0 atom stereocenters. The van der Waals surface area contributed by atoms with Crippen molar-refractivity contribution in [2.75, 3.05) is 19.8 Å². The number of nitrogens with one attached hydrogen (secondary N) is 2. The molecule has 28 heavy (non-hydrogen) atoms. The normalized spacial score (nSPS) is 15.9. The molecular formula is C22H23N3O3. The van der Waals surface area contributed by atoms with E-state index in [0.717, 1.165) is 12.8 Å². The van der Waals surface area contributed by atoms with Crippen molar-refractivity contribution in [1.82, 2.24) is 15.1 Å². The average Bonchev–Trinajstić information content (AvgIpc) is 3.16. The fraction of sp³-hybridized carbons (Fsp3) is 0.273. The predicted octanol–water partition coefficient (Wildman–Crippen LogP) is 2.64. The molecule has 2 heterocycles. The van der Waals surface area contributed by atoms with Crippen LogP contribution in [0, 0.1) is 0 Å². The third kappa shape index (κ3) is 3.64. The van der Waals surface area contributed by atoms with Crippen molar-refractivity contribution in [3.63, 3.8) is 0 Å². The van der Waals surface area contributed by atoms with Crippen LogP contribution in [-0.4, -0.2) is 35.4 Å². The summed E-state index contributed by atoms with van der Waals surface area (Å²) in [4.78, 5) is 25.0. The molecule has 0 spiro atoms. The third-order valence-electron chi connectivity index (χ3n) is 5.40. The summed E-state index contributed by atoms with van der Waals surface area (Å²) in [6, 6.07) is 20.8. The number of aromatic amines is 1. The number of carbonyl (C=O) groups excluding carboxylic acids is 1. The van der Waals surface area contributed by atoms with E-state index in [1.165, 1.54) is 16.3 Å². The summed E-state index contributed by atoms with van der Waals surface area (Å²) >= 11 is 0. The van der Waals surface area contributed by atoms with Gasteiger partial charge < -0.3 is 10.1 Å². The van der Waals surface area contributed by atoms with Crippen LogP contribution in [0.25, 0.3) is 5.69 Å². The number of hydrogen-bond donors (Lipinski definition) is 2. The highest BCUT2D eigenvalue weighted by atomic mass is 16.5. The Kier molecular flexibility index (Phi) is 5.12. The Balaban J connectivity index is 1.53. The van der Waals surface area contributed by atoms with Gasteiger partial charge in [0.1, 0.15) is 5.69 Å². The van der Waals surface area contributed by atoms with Gasteiger partial charge in [-0.3, -0.25) is 14.7 Å². The van der Waals surface area contributed by atoms with Crippen molar-refractivity contribution in [2.24, 2.45) is 0 Å². The lowest BCUT2D eigenvalue weighted by molar-refractivity contribution is 0.0486. The van der Waals surface area contributed by atoms with E-state index in [9.17, 15) is 9.59 Å². The number of hydrogen-bond acceptors (Lipinski definition) is 3. The van der Waals surface area contributed by atoms with Crippen LogP contribution in [0.5, 0.6) is 0 Å². The Bertz CT molecular complexity index is 987. The van der Waals surface area contributed by atoms with E-state index in [2.05, 4.69) is 22.5 Å². The number of rotatable bonds is 5. The van der Waals surface area contributed by atoms with Gasteiger partial charge in [0, 0.05) is 31.2 Å². The van der Waals surface area contributed by atoms with Crippen LogP contribution < -0.4 is 10.9 Å². The first-order chi connectivity index (χ1) is 13.7. The van der Waals surface area contributed by atoms with Crippen molar-refractivity contribution in [1.29, 1.82) is 0 Å². The first-order valence-electron chi connectivity index (χ1n) is 9.47. The number of amides is 1. The van der Waals surface area contributed by atoms with Crippen LogP contribution in [0.2, 0.25) is 0 Å². The number of benzene rings is 2. The predicted molar refractivity (Wildman–Crippen MR) is 107 cm³/mol. The minimum atomic E-state index is -0.284. The lowest BCUT2D eigenvalue weighted by Gasteiger charge is -2.37. The van der Waals surface area contributed by atoms with Crippen LogP contribution in [0.4, 0.5) is 0 Å². The Labute approximate surface area is 163 Å². The van der Waals surface area contributed by atoms with Crippen molar-refractivity contribution in [3.8, 4) is 5.69 Å². The van der Waals surface area contributed by atoms with Gasteiger partial charge >= 0.3 is 0 Å². The number of H-pyrrole nitrogens is 1. The maximum absolute atomic E-state index is 12.7. The number of nitrogens with zero attached hydrogens (tertiary/aromatic N) is 1. The summed E-state index contributed by atoms with van der Waals surface area (Å²) in [5, 5.41) is 5.93. The molecule has 3 aromatic rings. The van der Waals surface area contributed by atoms with Crippen LogP contribution in [0.15, 0.2) is 71.5 Å². The monoisotopic (exact) mass is 377 g/mol. The highest BCUT2D eigenvalue weighted by Gasteiger charge is 2.35. The van der Waals surface area contributed by atoms with Gasteiger partial charge in [0.25, 0.3) is 11.5 Å². The number of para-hydroxylation sites is 1. The zero-order valence-electron chi connectivity index (χ0n) is 15.6. The zero-order valence-corrected chi connectivity index (χ0v) is 15.6. The van der Waals surface area contributed by atoms with E-state index >= 15 is 0 Å². The summed E-state index contributed by atoms with van der Waals surface area (Å²) in [5.74, 6) is -0.284. The first-order valence-corrected chi connectivity index (χ1v) is 9.47. The van der Waals surface area contributed by atoms with Gasteiger partial charge in [0.05, 0.1) is 5.69 Å². The molecule has 1 aliphatic heterocycles. The van der Waals surface area contributed by atoms with Crippen LogP contribution in [-0.2, 0) is 10.2 Å². The maximum Gasteiger partial charge on any atom is 0.271 e. The van der Waals surface area contributed by atoms with E-state index in [1.54, 1.807) is 0 Å². The van der Waals surface area contributed by atoms with E-state index in [-0.39, 0.29) is 22.6 Å². The van der Waals surface area contributed by atoms with Crippen LogP contribution in [0.3, 0.4) is 0 Å². The minimum Gasteiger partial charge on any atom is -0.381 e. The zero-order chi connectivity index (χ0) is 19.4. The molecule has 1 aliphatic rings. The lowest BCUT2D eigenvalue weighted by atomic mass is 9.74. The van der Waals surface area contributed by atoms with E-state index < -0.39 is 0 Å². The second kappa shape index (κ2) is 7.86. The van der Waals surface area contributed by atoms with Crippen molar-refractivity contribution in [3.05, 3.63) is 88.3 Å². The Morgan fingerprint density at radius 1 is 1.04 bits per heavy atom. The van der Waals surface area contributed by atoms with Gasteiger partial charge in [-0.1, -0.05) is 48.5 Å². The second-order valence-corrected chi connectivity index (χ2v) is 7.12. The topological polar surface area (TPSA) is 76.1 Å². The third-order valence-corrected chi connectivity index (χ3v) is 5.40. The molecule has 0 radical (unpaired) electrons. The van der Waals surface area contributed by atoms with Gasteiger partial charge in [0.15, 0.2) is 0 Å². The Hall–Kier alpha value is -3.12. The summed E-state index contributed by atoms with van der Waals surface area (Å²) in [6.07, 6.45) is 1.69. The summed E-state index contributed by atoms with van der Waals surface area (Å²) in [7, 11) is 0. The van der Waals surface area contributed by atoms with Gasteiger partial charge in [-0.15, -0.1) is 0 Å². The van der Waals surface area contributed by atoms with Crippen LogP contribution in [0.1, 0.15) is 28.9 Å². The molecule has 0 bridgehead atoms. The molecule has 4 rings (SSSR count). The molecule has 2 aromatic carbocycles. The van der Waals surface area contributed by atoms with Crippen molar-refractivity contribution < 1.29 is 9.53 Å². The first kappa shape index (κ1) is 18.3. The summed E-state index contributed by atoms with van der Waals surface area (Å²) in [6.45, 7) is 1.84. The van der Waals surface area contributed by atoms with E-state index in [0.29, 0.717) is 25.4 Å². The quantitative estimate of drug-likeness (QED) is 0.718. The minimum absolute atomic E-state index is 0.155. The molecule has 144 valence electrons. The van der Waals surface area contributed by atoms with Gasteiger partial charge in [-0.05, 0) is 30.5 Å².